The summed E-state index contributed by atoms with van der Waals surface area (Å²) in [6.07, 6.45) is 0. The van der Waals surface area contributed by atoms with Crippen LogP contribution in [0.5, 0.6) is 5.75 Å². The van der Waals surface area contributed by atoms with Crippen molar-refractivity contribution in [2.45, 2.75) is 0 Å². The number of benzene rings is 2. The van der Waals surface area contributed by atoms with Crippen LogP contribution in [-0.2, 0) is 0 Å². The molecule has 0 aliphatic carbocycles. The van der Waals surface area contributed by atoms with Crippen molar-refractivity contribution in [3.8, 4) is 5.75 Å². The average Bonchev–Trinajstić information content (AvgIpc) is 2.47. The van der Waals surface area contributed by atoms with Gasteiger partial charge in [0.05, 0.1) is 12.7 Å². The van der Waals surface area contributed by atoms with Crippen LogP contribution in [0, 0.1) is 0 Å². The second kappa shape index (κ2) is 6.28. The summed E-state index contributed by atoms with van der Waals surface area (Å²) >= 11 is 5.85. The van der Waals surface area contributed by atoms with Crippen LogP contribution >= 0.6 is 11.6 Å². The number of amides is 2. The number of nitrogens with one attached hydrogen (secondary N) is 1. The number of halogens is 1. The van der Waals surface area contributed by atoms with Gasteiger partial charge in [0.2, 0.25) is 5.91 Å². The summed E-state index contributed by atoms with van der Waals surface area (Å²) in [6, 6.07) is 11.0. The normalized spacial score (nSPS) is 10.0. The molecule has 0 saturated carbocycles. The van der Waals surface area contributed by atoms with E-state index in [0.717, 1.165) is 0 Å². The van der Waals surface area contributed by atoms with Gasteiger partial charge in [-0.1, -0.05) is 11.6 Å². The zero-order valence-corrected chi connectivity index (χ0v) is 12.0. The van der Waals surface area contributed by atoms with Crippen LogP contribution in [0.15, 0.2) is 42.5 Å². The highest BCUT2D eigenvalue weighted by Crippen LogP contribution is 2.24. The van der Waals surface area contributed by atoms with E-state index in [9.17, 15) is 9.59 Å². The lowest BCUT2D eigenvalue weighted by Crippen LogP contribution is -2.14. The van der Waals surface area contributed by atoms with E-state index in [-0.39, 0.29) is 5.91 Å². The minimum Gasteiger partial charge on any atom is -0.496 e. The van der Waals surface area contributed by atoms with E-state index >= 15 is 0 Å². The molecule has 0 fully saturated rings. The summed E-state index contributed by atoms with van der Waals surface area (Å²) in [5.41, 5.74) is 6.43. The second-order valence-electron chi connectivity index (χ2n) is 4.24. The van der Waals surface area contributed by atoms with Gasteiger partial charge in [-0.15, -0.1) is 0 Å². The monoisotopic (exact) mass is 304 g/mol. The van der Waals surface area contributed by atoms with Gasteiger partial charge in [-0.2, -0.15) is 0 Å². The molecule has 0 radical (unpaired) electrons. The Labute approximate surface area is 126 Å². The molecular formula is C15H13ClN2O3. The van der Waals surface area contributed by atoms with Crippen molar-refractivity contribution in [3.05, 3.63) is 58.6 Å². The number of ether oxygens (including phenoxy) is 1. The third-order valence-electron chi connectivity index (χ3n) is 2.84. The van der Waals surface area contributed by atoms with Gasteiger partial charge >= 0.3 is 0 Å². The number of carbonyl (C=O) groups excluding carboxylic acids is 2. The van der Waals surface area contributed by atoms with Crippen LogP contribution in [-0.4, -0.2) is 18.9 Å². The van der Waals surface area contributed by atoms with Crippen molar-refractivity contribution in [2.24, 2.45) is 5.73 Å². The molecule has 2 rings (SSSR count). The Morgan fingerprint density at radius 3 is 2.38 bits per heavy atom. The molecule has 2 amide bonds. The van der Waals surface area contributed by atoms with Crippen molar-refractivity contribution < 1.29 is 14.3 Å². The van der Waals surface area contributed by atoms with E-state index < -0.39 is 5.91 Å². The van der Waals surface area contributed by atoms with Crippen LogP contribution in [0.2, 0.25) is 5.02 Å². The van der Waals surface area contributed by atoms with Gasteiger partial charge in [0, 0.05) is 16.3 Å². The minimum atomic E-state index is -0.521. The Bertz CT molecular complexity index is 684. The van der Waals surface area contributed by atoms with E-state index in [1.165, 1.54) is 19.2 Å². The topological polar surface area (TPSA) is 81.4 Å². The zero-order valence-electron chi connectivity index (χ0n) is 11.2. The first-order valence-corrected chi connectivity index (χ1v) is 6.44. The summed E-state index contributed by atoms with van der Waals surface area (Å²) in [6.45, 7) is 0. The molecule has 0 atom stereocenters. The highest BCUT2D eigenvalue weighted by molar-refractivity contribution is 6.31. The van der Waals surface area contributed by atoms with Crippen LogP contribution < -0.4 is 15.8 Å². The third-order valence-corrected chi connectivity index (χ3v) is 3.07. The highest BCUT2D eigenvalue weighted by atomic mass is 35.5. The molecule has 0 saturated heterocycles. The predicted octanol–water partition coefficient (Wildman–Crippen LogP) is 2.70. The molecule has 2 aromatic carbocycles. The maximum atomic E-state index is 12.2. The Morgan fingerprint density at radius 2 is 1.81 bits per heavy atom. The number of carbonyl (C=O) groups is 2. The molecule has 0 aliphatic heterocycles. The SMILES string of the molecule is COc1cc(Cl)ccc1C(=O)Nc1ccc(C(N)=O)cc1. The predicted molar refractivity (Wildman–Crippen MR) is 80.9 cm³/mol. The van der Waals surface area contributed by atoms with Crippen molar-refractivity contribution in [1.82, 2.24) is 0 Å². The molecule has 2 aromatic rings. The fourth-order valence-corrected chi connectivity index (χ4v) is 1.93. The standard InChI is InChI=1S/C15H13ClN2O3/c1-21-13-8-10(16)4-7-12(13)15(20)18-11-5-2-9(3-6-11)14(17)19/h2-8H,1H3,(H2,17,19)(H,18,20). The molecule has 3 N–H and O–H groups in total. The fourth-order valence-electron chi connectivity index (χ4n) is 1.77. The smallest absolute Gasteiger partial charge is 0.259 e. The molecule has 0 unspecified atom stereocenters. The summed E-state index contributed by atoms with van der Waals surface area (Å²) in [4.78, 5) is 23.2. The first-order chi connectivity index (χ1) is 10.0. The molecule has 0 bridgehead atoms. The van der Waals surface area contributed by atoms with Gasteiger partial charge in [-0.3, -0.25) is 9.59 Å². The van der Waals surface area contributed by atoms with Crippen molar-refractivity contribution in [3.63, 3.8) is 0 Å². The molecule has 0 heterocycles. The number of nitrogens with two attached hydrogens (primary N) is 1. The van der Waals surface area contributed by atoms with Gasteiger partial charge in [-0.25, -0.2) is 0 Å². The first kappa shape index (κ1) is 14.9. The molecular weight excluding hydrogens is 292 g/mol. The van der Waals surface area contributed by atoms with Gasteiger partial charge in [0.1, 0.15) is 5.75 Å². The highest BCUT2D eigenvalue weighted by Gasteiger charge is 2.13. The van der Waals surface area contributed by atoms with Crippen molar-refractivity contribution in [1.29, 1.82) is 0 Å². The number of methoxy groups -OCH3 is 1. The van der Waals surface area contributed by atoms with Crippen LogP contribution in [0.1, 0.15) is 20.7 Å². The number of rotatable bonds is 4. The van der Waals surface area contributed by atoms with Gasteiger partial charge in [0.25, 0.3) is 5.91 Å². The number of hydrogen-bond acceptors (Lipinski definition) is 3. The Morgan fingerprint density at radius 1 is 1.14 bits per heavy atom. The minimum absolute atomic E-state index is 0.338. The van der Waals surface area contributed by atoms with Crippen LogP contribution in [0.25, 0.3) is 0 Å². The Balaban J connectivity index is 2.19. The molecule has 6 heteroatoms. The lowest BCUT2D eigenvalue weighted by molar-refractivity contribution is 0.0998. The van der Waals surface area contributed by atoms with E-state index in [1.807, 2.05) is 0 Å². The molecule has 0 aromatic heterocycles. The van der Waals surface area contributed by atoms with E-state index in [2.05, 4.69) is 5.32 Å². The zero-order chi connectivity index (χ0) is 15.4. The fraction of sp³-hybridized carbons (Fsp3) is 0.0667. The largest absolute Gasteiger partial charge is 0.496 e. The van der Waals surface area contributed by atoms with E-state index in [4.69, 9.17) is 22.1 Å². The molecule has 0 aliphatic rings. The van der Waals surface area contributed by atoms with Crippen molar-refractivity contribution >= 4 is 29.1 Å². The number of primary amides is 1. The first-order valence-electron chi connectivity index (χ1n) is 6.06. The molecule has 21 heavy (non-hydrogen) atoms. The summed E-state index contributed by atoms with van der Waals surface area (Å²) in [7, 11) is 1.46. The quantitative estimate of drug-likeness (QED) is 0.911. The van der Waals surface area contributed by atoms with Gasteiger partial charge in [-0.05, 0) is 42.5 Å². The third kappa shape index (κ3) is 3.52. The maximum absolute atomic E-state index is 12.2. The molecule has 5 nitrogen and oxygen atoms in total. The average molecular weight is 305 g/mol. The molecule has 0 spiro atoms. The lowest BCUT2D eigenvalue weighted by Gasteiger charge is -2.10. The Hall–Kier alpha value is -2.53. The lowest BCUT2D eigenvalue weighted by atomic mass is 10.1. The summed E-state index contributed by atoms with van der Waals surface area (Å²) in [5.74, 6) is -0.476. The maximum Gasteiger partial charge on any atom is 0.259 e. The van der Waals surface area contributed by atoms with Crippen LogP contribution in [0.3, 0.4) is 0 Å². The van der Waals surface area contributed by atoms with Gasteiger partial charge < -0.3 is 15.8 Å². The van der Waals surface area contributed by atoms with Gasteiger partial charge in [0.15, 0.2) is 0 Å². The summed E-state index contributed by atoms with van der Waals surface area (Å²) < 4.78 is 5.13. The number of hydrogen-bond donors (Lipinski definition) is 2. The Kier molecular flexibility index (Phi) is 4.45. The molecule has 108 valence electrons. The van der Waals surface area contributed by atoms with Crippen molar-refractivity contribution in [2.75, 3.05) is 12.4 Å². The summed E-state index contributed by atoms with van der Waals surface area (Å²) in [5, 5.41) is 3.19. The number of anilines is 1. The second-order valence-corrected chi connectivity index (χ2v) is 4.68. The van der Waals surface area contributed by atoms with E-state index in [1.54, 1.807) is 30.3 Å². The van der Waals surface area contributed by atoms with E-state index in [0.29, 0.717) is 27.6 Å². The van der Waals surface area contributed by atoms with Crippen LogP contribution in [0.4, 0.5) is 5.69 Å².